The summed E-state index contributed by atoms with van der Waals surface area (Å²) in [5, 5.41) is 3.51. The lowest BCUT2D eigenvalue weighted by Crippen LogP contribution is -2.42. The molecule has 0 aromatic heterocycles. The molecule has 5 nitrogen and oxygen atoms in total. The first-order chi connectivity index (χ1) is 12.1. The number of hydrogen-bond acceptors (Lipinski definition) is 4. The van der Waals surface area contributed by atoms with Gasteiger partial charge in [0.05, 0.1) is 13.2 Å². The topological polar surface area (TPSA) is 44.8 Å². The van der Waals surface area contributed by atoms with Gasteiger partial charge in [-0.1, -0.05) is 12.1 Å². The van der Waals surface area contributed by atoms with Gasteiger partial charge in [-0.3, -0.25) is 9.69 Å². The molecule has 0 radical (unpaired) electrons. The summed E-state index contributed by atoms with van der Waals surface area (Å²) < 4.78 is 5.87. The van der Waals surface area contributed by atoms with Crippen molar-refractivity contribution in [3.05, 3.63) is 35.4 Å². The third-order valence-corrected chi connectivity index (χ3v) is 6.42. The summed E-state index contributed by atoms with van der Waals surface area (Å²) in [7, 11) is 3.58. The van der Waals surface area contributed by atoms with Gasteiger partial charge in [0.2, 0.25) is 0 Å². The van der Waals surface area contributed by atoms with Crippen molar-refractivity contribution in [2.75, 3.05) is 46.9 Å². The van der Waals surface area contributed by atoms with Crippen LogP contribution in [0.15, 0.2) is 24.3 Å². The predicted molar refractivity (Wildman–Crippen MR) is 97.5 cm³/mol. The molecule has 0 unspecified atom stereocenters. The van der Waals surface area contributed by atoms with Crippen molar-refractivity contribution in [3.8, 4) is 0 Å². The van der Waals surface area contributed by atoms with Gasteiger partial charge in [0.25, 0.3) is 5.91 Å². The molecule has 3 saturated heterocycles. The highest BCUT2D eigenvalue weighted by molar-refractivity contribution is 5.93. The van der Waals surface area contributed by atoms with E-state index in [1.54, 1.807) is 19.0 Å². The summed E-state index contributed by atoms with van der Waals surface area (Å²) in [5.41, 5.74) is 2.48. The summed E-state index contributed by atoms with van der Waals surface area (Å²) in [6.45, 7) is 6.22. The van der Waals surface area contributed by atoms with Gasteiger partial charge < -0.3 is 15.0 Å². The maximum absolute atomic E-state index is 12.0. The Hall–Kier alpha value is -1.43. The second-order valence-corrected chi connectivity index (χ2v) is 8.13. The second-order valence-electron chi connectivity index (χ2n) is 8.13. The van der Waals surface area contributed by atoms with E-state index in [2.05, 4.69) is 22.3 Å². The Morgan fingerprint density at radius 2 is 1.96 bits per heavy atom. The SMILES string of the molecule is CN(C)C(=O)c1ccc(CN2CC3(CCNCC3)[C@H]3COC[C@H]32)cc1. The van der Waals surface area contributed by atoms with E-state index in [0.717, 1.165) is 38.4 Å². The fourth-order valence-corrected chi connectivity index (χ4v) is 5.00. The van der Waals surface area contributed by atoms with Gasteiger partial charge in [-0.05, 0) is 49.0 Å². The highest BCUT2D eigenvalue weighted by Crippen LogP contribution is 2.49. The fraction of sp³-hybridized carbons (Fsp3) is 0.650. The summed E-state index contributed by atoms with van der Waals surface area (Å²) in [6.07, 6.45) is 2.54. The van der Waals surface area contributed by atoms with E-state index < -0.39 is 0 Å². The number of benzene rings is 1. The standard InChI is InChI=1S/C20H29N3O2/c1-22(2)19(24)16-5-3-15(4-6-16)11-23-14-20(7-9-21-10-8-20)17-12-25-13-18(17)23/h3-6,17-18,21H,7-14H2,1-2H3/t17-,18+/m0/s1. The van der Waals surface area contributed by atoms with Crippen LogP contribution in [0.1, 0.15) is 28.8 Å². The van der Waals surface area contributed by atoms with Crippen LogP contribution in [0.25, 0.3) is 0 Å². The number of carbonyl (C=O) groups is 1. The van der Waals surface area contributed by atoms with E-state index in [1.807, 2.05) is 12.1 Å². The molecule has 0 bridgehead atoms. The van der Waals surface area contributed by atoms with Crippen molar-refractivity contribution in [1.82, 2.24) is 15.1 Å². The van der Waals surface area contributed by atoms with Crippen LogP contribution in [0.3, 0.4) is 0 Å². The zero-order valence-electron chi connectivity index (χ0n) is 15.3. The molecule has 3 aliphatic rings. The van der Waals surface area contributed by atoms with Gasteiger partial charge in [-0.25, -0.2) is 0 Å². The first kappa shape index (κ1) is 17.0. The average molecular weight is 343 g/mol. The summed E-state index contributed by atoms with van der Waals surface area (Å²) in [5.74, 6) is 0.745. The highest BCUT2D eigenvalue weighted by Gasteiger charge is 2.54. The van der Waals surface area contributed by atoms with Crippen LogP contribution in [0, 0.1) is 11.3 Å². The lowest BCUT2D eigenvalue weighted by molar-refractivity contribution is 0.0827. The maximum Gasteiger partial charge on any atom is 0.253 e. The number of nitrogens with one attached hydrogen (secondary N) is 1. The third-order valence-electron chi connectivity index (χ3n) is 6.42. The molecule has 1 N–H and O–H groups in total. The van der Waals surface area contributed by atoms with Gasteiger partial charge in [0, 0.05) is 44.7 Å². The summed E-state index contributed by atoms with van der Waals surface area (Å²) >= 11 is 0. The molecule has 2 atom stereocenters. The largest absolute Gasteiger partial charge is 0.379 e. The molecule has 5 heteroatoms. The zero-order chi connectivity index (χ0) is 17.4. The lowest BCUT2D eigenvalue weighted by atomic mass is 9.70. The Kier molecular flexibility index (Phi) is 4.56. The van der Waals surface area contributed by atoms with E-state index in [-0.39, 0.29) is 5.91 Å². The molecule has 4 rings (SSSR count). The minimum atomic E-state index is 0.0608. The molecule has 3 heterocycles. The van der Waals surface area contributed by atoms with E-state index in [4.69, 9.17) is 4.74 Å². The number of carbonyl (C=O) groups excluding carboxylic acids is 1. The average Bonchev–Trinajstić information content (AvgIpc) is 3.21. The lowest BCUT2D eigenvalue weighted by Gasteiger charge is -2.37. The fourth-order valence-electron chi connectivity index (χ4n) is 5.00. The number of amides is 1. The zero-order valence-corrected chi connectivity index (χ0v) is 15.3. The number of fused-ring (bicyclic) bond motifs is 2. The molecule has 136 valence electrons. The number of ether oxygens (including phenoxy) is 1. The van der Waals surface area contributed by atoms with Crippen molar-refractivity contribution in [2.24, 2.45) is 11.3 Å². The van der Waals surface area contributed by atoms with Crippen molar-refractivity contribution in [2.45, 2.75) is 25.4 Å². The maximum atomic E-state index is 12.0. The van der Waals surface area contributed by atoms with Gasteiger partial charge in [-0.15, -0.1) is 0 Å². The summed E-state index contributed by atoms with van der Waals surface area (Å²) in [4.78, 5) is 16.3. The van der Waals surface area contributed by atoms with Crippen molar-refractivity contribution in [1.29, 1.82) is 0 Å². The Labute approximate surface area is 150 Å². The van der Waals surface area contributed by atoms with E-state index in [9.17, 15) is 4.79 Å². The third kappa shape index (κ3) is 3.09. The van der Waals surface area contributed by atoms with Crippen LogP contribution >= 0.6 is 0 Å². The van der Waals surface area contributed by atoms with Crippen LogP contribution in [-0.2, 0) is 11.3 Å². The molecule has 1 spiro atoms. The molecule has 1 aromatic rings. The normalized spacial score (nSPS) is 28.2. The first-order valence-corrected chi connectivity index (χ1v) is 9.42. The summed E-state index contributed by atoms with van der Waals surface area (Å²) in [6, 6.07) is 8.68. The van der Waals surface area contributed by atoms with Crippen LogP contribution in [0.5, 0.6) is 0 Å². The quantitative estimate of drug-likeness (QED) is 0.905. The highest BCUT2D eigenvalue weighted by atomic mass is 16.5. The number of likely N-dealkylation sites (tertiary alicyclic amines) is 1. The first-order valence-electron chi connectivity index (χ1n) is 9.42. The van der Waals surface area contributed by atoms with Gasteiger partial charge in [0.1, 0.15) is 0 Å². The Bertz CT molecular complexity index is 622. The molecule has 1 aromatic carbocycles. The second kappa shape index (κ2) is 6.71. The van der Waals surface area contributed by atoms with Gasteiger partial charge in [0.15, 0.2) is 0 Å². The minimum Gasteiger partial charge on any atom is -0.379 e. The number of rotatable bonds is 3. The van der Waals surface area contributed by atoms with Crippen molar-refractivity contribution >= 4 is 5.91 Å². The molecule has 0 saturated carbocycles. The molecule has 1 amide bonds. The Morgan fingerprint density at radius 1 is 1.24 bits per heavy atom. The Balaban J connectivity index is 1.48. The van der Waals surface area contributed by atoms with Crippen LogP contribution in [0.4, 0.5) is 0 Å². The van der Waals surface area contributed by atoms with E-state index in [1.165, 1.54) is 24.9 Å². The number of hydrogen-bond donors (Lipinski definition) is 1. The van der Waals surface area contributed by atoms with Crippen LogP contribution in [-0.4, -0.2) is 68.7 Å². The van der Waals surface area contributed by atoms with Crippen molar-refractivity contribution in [3.63, 3.8) is 0 Å². The van der Waals surface area contributed by atoms with E-state index in [0.29, 0.717) is 17.4 Å². The smallest absolute Gasteiger partial charge is 0.253 e. The number of piperidine rings is 1. The molecule has 0 aliphatic carbocycles. The molecule has 25 heavy (non-hydrogen) atoms. The van der Waals surface area contributed by atoms with Gasteiger partial charge in [-0.2, -0.15) is 0 Å². The van der Waals surface area contributed by atoms with Crippen LogP contribution < -0.4 is 5.32 Å². The predicted octanol–water partition coefficient (Wildman–Crippen LogP) is 1.59. The molecule has 3 fully saturated rings. The molecular formula is C20H29N3O2. The monoisotopic (exact) mass is 343 g/mol. The molecule has 3 aliphatic heterocycles. The van der Waals surface area contributed by atoms with Crippen LogP contribution in [0.2, 0.25) is 0 Å². The van der Waals surface area contributed by atoms with Gasteiger partial charge >= 0.3 is 0 Å². The Morgan fingerprint density at radius 3 is 2.64 bits per heavy atom. The molecular weight excluding hydrogens is 314 g/mol. The minimum absolute atomic E-state index is 0.0608. The van der Waals surface area contributed by atoms with Crippen molar-refractivity contribution < 1.29 is 9.53 Å². The number of nitrogens with zero attached hydrogens (tertiary/aromatic N) is 2. The van der Waals surface area contributed by atoms with E-state index >= 15 is 0 Å².